The van der Waals surface area contributed by atoms with Crippen molar-refractivity contribution in [1.29, 1.82) is 0 Å². The van der Waals surface area contributed by atoms with Gasteiger partial charge in [-0.2, -0.15) is 0 Å². The molecule has 0 aliphatic carbocycles. The second kappa shape index (κ2) is 8.47. The SMILES string of the molecule is COc1cccc(CCNC(=O)c2cc(C(=O)N3CCCC3)ccn2)c1. The monoisotopic (exact) mass is 353 g/mol. The maximum absolute atomic E-state index is 12.4. The van der Waals surface area contributed by atoms with Crippen LogP contribution in [0.15, 0.2) is 42.6 Å². The minimum absolute atomic E-state index is 0.0321. The molecule has 2 amide bonds. The summed E-state index contributed by atoms with van der Waals surface area (Å²) >= 11 is 0. The van der Waals surface area contributed by atoms with Gasteiger partial charge in [-0.1, -0.05) is 12.1 Å². The normalized spacial score (nSPS) is 13.5. The third-order valence-electron chi connectivity index (χ3n) is 4.47. The molecule has 1 aromatic carbocycles. The van der Waals surface area contributed by atoms with E-state index in [0.29, 0.717) is 18.5 Å². The number of rotatable bonds is 6. The highest BCUT2D eigenvalue weighted by Gasteiger charge is 2.20. The topological polar surface area (TPSA) is 71.5 Å². The number of carbonyl (C=O) groups excluding carboxylic acids is 2. The van der Waals surface area contributed by atoms with E-state index >= 15 is 0 Å². The van der Waals surface area contributed by atoms with Crippen molar-refractivity contribution < 1.29 is 14.3 Å². The van der Waals surface area contributed by atoms with Crippen molar-refractivity contribution in [3.05, 3.63) is 59.4 Å². The molecule has 0 atom stereocenters. The van der Waals surface area contributed by atoms with Gasteiger partial charge in [-0.15, -0.1) is 0 Å². The van der Waals surface area contributed by atoms with E-state index in [9.17, 15) is 9.59 Å². The van der Waals surface area contributed by atoms with E-state index in [-0.39, 0.29) is 17.5 Å². The average molecular weight is 353 g/mol. The molecular weight excluding hydrogens is 330 g/mol. The van der Waals surface area contributed by atoms with E-state index in [0.717, 1.165) is 37.2 Å². The van der Waals surface area contributed by atoms with Crippen LogP contribution in [0.5, 0.6) is 5.75 Å². The first kappa shape index (κ1) is 17.9. The zero-order valence-corrected chi connectivity index (χ0v) is 14.9. The molecule has 1 saturated heterocycles. The van der Waals surface area contributed by atoms with Crippen molar-refractivity contribution in [2.45, 2.75) is 19.3 Å². The number of pyridine rings is 1. The van der Waals surface area contributed by atoms with Crippen molar-refractivity contribution in [2.24, 2.45) is 0 Å². The summed E-state index contributed by atoms with van der Waals surface area (Å²) < 4.78 is 5.20. The number of amides is 2. The lowest BCUT2D eigenvalue weighted by atomic mass is 10.1. The van der Waals surface area contributed by atoms with E-state index in [4.69, 9.17) is 4.74 Å². The summed E-state index contributed by atoms with van der Waals surface area (Å²) in [5.74, 6) is 0.489. The summed E-state index contributed by atoms with van der Waals surface area (Å²) in [6.45, 7) is 2.05. The zero-order chi connectivity index (χ0) is 18.4. The van der Waals surface area contributed by atoms with Crippen molar-refractivity contribution in [3.63, 3.8) is 0 Å². The van der Waals surface area contributed by atoms with Crippen LogP contribution in [0.25, 0.3) is 0 Å². The Morgan fingerprint density at radius 3 is 2.77 bits per heavy atom. The molecule has 1 aromatic heterocycles. The molecule has 2 aromatic rings. The molecular formula is C20H23N3O3. The van der Waals surface area contributed by atoms with Gasteiger partial charge in [0.25, 0.3) is 11.8 Å². The van der Waals surface area contributed by atoms with Gasteiger partial charge in [-0.05, 0) is 49.1 Å². The molecule has 0 unspecified atom stereocenters. The quantitative estimate of drug-likeness (QED) is 0.865. The summed E-state index contributed by atoms with van der Waals surface area (Å²) in [6.07, 6.45) is 4.28. The lowest BCUT2D eigenvalue weighted by Gasteiger charge is -2.15. The maximum Gasteiger partial charge on any atom is 0.269 e. The maximum atomic E-state index is 12.4. The van der Waals surface area contributed by atoms with Crippen LogP contribution in [0.3, 0.4) is 0 Å². The molecule has 6 heteroatoms. The predicted octanol–water partition coefficient (Wildman–Crippen LogP) is 2.30. The van der Waals surface area contributed by atoms with E-state index in [1.165, 1.54) is 6.20 Å². The Balaban J connectivity index is 1.57. The van der Waals surface area contributed by atoms with Crippen LogP contribution in [-0.4, -0.2) is 48.4 Å². The van der Waals surface area contributed by atoms with E-state index < -0.39 is 0 Å². The second-order valence-electron chi connectivity index (χ2n) is 6.29. The number of aromatic nitrogens is 1. The van der Waals surface area contributed by atoms with E-state index in [1.54, 1.807) is 19.2 Å². The number of methoxy groups -OCH3 is 1. The molecule has 26 heavy (non-hydrogen) atoms. The Morgan fingerprint density at radius 1 is 1.19 bits per heavy atom. The number of hydrogen-bond acceptors (Lipinski definition) is 4. The first-order valence-corrected chi connectivity index (χ1v) is 8.84. The number of hydrogen-bond donors (Lipinski definition) is 1. The zero-order valence-electron chi connectivity index (χ0n) is 14.9. The molecule has 1 aliphatic rings. The second-order valence-corrected chi connectivity index (χ2v) is 6.29. The summed E-state index contributed by atoms with van der Waals surface area (Å²) in [4.78, 5) is 30.7. The molecule has 2 heterocycles. The van der Waals surface area contributed by atoms with Crippen molar-refractivity contribution >= 4 is 11.8 Å². The van der Waals surface area contributed by atoms with Crippen LogP contribution in [0.1, 0.15) is 39.3 Å². The highest BCUT2D eigenvalue weighted by Crippen LogP contribution is 2.14. The van der Waals surface area contributed by atoms with Gasteiger partial charge in [-0.25, -0.2) is 0 Å². The summed E-state index contributed by atoms with van der Waals surface area (Å²) in [5.41, 5.74) is 1.86. The van der Waals surface area contributed by atoms with Crippen LogP contribution in [-0.2, 0) is 6.42 Å². The number of benzene rings is 1. The number of likely N-dealkylation sites (tertiary alicyclic amines) is 1. The number of carbonyl (C=O) groups is 2. The van der Waals surface area contributed by atoms with E-state index in [1.807, 2.05) is 29.2 Å². The molecule has 0 spiro atoms. The van der Waals surface area contributed by atoms with E-state index in [2.05, 4.69) is 10.3 Å². The third kappa shape index (κ3) is 4.39. The Hall–Kier alpha value is -2.89. The van der Waals surface area contributed by atoms with Crippen LogP contribution in [0.4, 0.5) is 0 Å². The molecule has 1 fully saturated rings. The fourth-order valence-corrected chi connectivity index (χ4v) is 3.03. The van der Waals surface area contributed by atoms with Crippen molar-refractivity contribution in [3.8, 4) is 5.75 Å². The molecule has 0 bridgehead atoms. The van der Waals surface area contributed by atoms with Crippen molar-refractivity contribution in [1.82, 2.24) is 15.2 Å². The smallest absolute Gasteiger partial charge is 0.269 e. The van der Waals surface area contributed by atoms with Crippen LogP contribution < -0.4 is 10.1 Å². The molecule has 1 aliphatic heterocycles. The fourth-order valence-electron chi connectivity index (χ4n) is 3.03. The number of nitrogens with one attached hydrogen (secondary N) is 1. The largest absolute Gasteiger partial charge is 0.497 e. The van der Waals surface area contributed by atoms with Gasteiger partial charge in [0.2, 0.25) is 0 Å². The molecule has 6 nitrogen and oxygen atoms in total. The standard InChI is InChI=1S/C20H23N3O3/c1-26-17-6-4-5-15(13-17)7-9-22-19(24)18-14-16(8-10-21-18)20(25)23-11-2-3-12-23/h4-6,8,10,13-14H,2-3,7,9,11-12H2,1H3,(H,22,24). The van der Waals surface area contributed by atoms with Gasteiger partial charge in [-0.3, -0.25) is 14.6 Å². The van der Waals surface area contributed by atoms with Gasteiger partial charge in [0.05, 0.1) is 7.11 Å². The lowest BCUT2D eigenvalue weighted by Crippen LogP contribution is -2.29. The third-order valence-corrected chi connectivity index (χ3v) is 4.47. The van der Waals surface area contributed by atoms with Crippen LogP contribution in [0, 0.1) is 0 Å². The number of nitrogens with zero attached hydrogens (tertiary/aromatic N) is 2. The molecule has 0 radical (unpaired) electrons. The molecule has 136 valence electrons. The van der Waals surface area contributed by atoms with Crippen LogP contribution >= 0.6 is 0 Å². The van der Waals surface area contributed by atoms with Gasteiger partial charge in [0, 0.05) is 31.4 Å². The molecule has 0 saturated carbocycles. The summed E-state index contributed by atoms with van der Waals surface area (Å²) in [5, 5.41) is 2.85. The minimum Gasteiger partial charge on any atom is -0.497 e. The highest BCUT2D eigenvalue weighted by atomic mass is 16.5. The van der Waals surface area contributed by atoms with Gasteiger partial charge in [0.1, 0.15) is 11.4 Å². The Labute approximate surface area is 153 Å². The Kier molecular flexibility index (Phi) is 5.84. The van der Waals surface area contributed by atoms with Gasteiger partial charge >= 0.3 is 0 Å². The highest BCUT2D eigenvalue weighted by molar-refractivity contribution is 5.98. The minimum atomic E-state index is -0.274. The summed E-state index contributed by atoms with van der Waals surface area (Å²) in [6, 6.07) is 11.0. The Bertz CT molecular complexity index is 785. The average Bonchev–Trinajstić information content (AvgIpc) is 3.22. The Morgan fingerprint density at radius 2 is 2.00 bits per heavy atom. The summed E-state index contributed by atoms with van der Waals surface area (Å²) in [7, 11) is 1.63. The molecule has 3 rings (SSSR count). The van der Waals surface area contributed by atoms with Gasteiger partial charge < -0.3 is 15.0 Å². The first-order chi connectivity index (χ1) is 12.7. The number of ether oxygens (including phenoxy) is 1. The fraction of sp³-hybridized carbons (Fsp3) is 0.350. The first-order valence-electron chi connectivity index (χ1n) is 8.84. The lowest BCUT2D eigenvalue weighted by molar-refractivity contribution is 0.0792. The predicted molar refractivity (Wildman–Crippen MR) is 98.4 cm³/mol. The van der Waals surface area contributed by atoms with Crippen LogP contribution in [0.2, 0.25) is 0 Å². The van der Waals surface area contributed by atoms with Crippen molar-refractivity contribution in [2.75, 3.05) is 26.7 Å². The molecule has 1 N–H and O–H groups in total. The van der Waals surface area contributed by atoms with Gasteiger partial charge in [0.15, 0.2) is 0 Å².